The highest BCUT2D eigenvalue weighted by Gasteiger charge is 2.16. The number of hydrogen-bond acceptors (Lipinski definition) is 5. The number of thiazole rings is 1. The Morgan fingerprint density at radius 1 is 1.40 bits per heavy atom. The van der Waals surface area contributed by atoms with Gasteiger partial charge in [-0.3, -0.25) is 0 Å². The van der Waals surface area contributed by atoms with Crippen molar-refractivity contribution in [2.45, 2.75) is 18.6 Å². The van der Waals surface area contributed by atoms with Gasteiger partial charge in [0.1, 0.15) is 0 Å². The normalized spacial score (nSPS) is 13.2. The summed E-state index contributed by atoms with van der Waals surface area (Å²) in [5, 5.41) is 2.80. The van der Waals surface area contributed by atoms with Gasteiger partial charge in [0.25, 0.3) is 0 Å². The number of para-hydroxylation sites is 1. The Morgan fingerprint density at radius 3 is 2.80 bits per heavy atom. The number of sulfonamides is 1. The maximum Gasteiger partial charge on any atom is 0.215 e. The average molecular weight is 311 g/mol. The van der Waals surface area contributed by atoms with Gasteiger partial charge in [0, 0.05) is 29.7 Å². The highest BCUT2D eigenvalue weighted by Crippen LogP contribution is 2.18. The first-order valence-electron chi connectivity index (χ1n) is 6.18. The van der Waals surface area contributed by atoms with E-state index in [4.69, 9.17) is 5.73 Å². The van der Waals surface area contributed by atoms with Crippen LogP contribution < -0.4 is 10.5 Å². The lowest BCUT2D eigenvalue weighted by Crippen LogP contribution is -2.29. The molecule has 1 heterocycles. The van der Waals surface area contributed by atoms with Crippen LogP contribution in [-0.2, 0) is 15.8 Å². The molecule has 0 radical (unpaired) electrons. The molecular weight excluding hydrogens is 294 g/mol. The molecule has 2 rings (SSSR count). The van der Waals surface area contributed by atoms with Crippen LogP contribution in [0, 0.1) is 0 Å². The van der Waals surface area contributed by atoms with E-state index in [1.165, 1.54) is 11.3 Å². The van der Waals surface area contributed by atoms with Crippen LogP contribution in [0.1, 0.15) is 23.4 Å². The van der Waals surface area contributed by atoms with Gasteiger partial charge in [-0.2, -0.15) is 0 Å². The molecule has 1 aromatic heterocycles. The molecule has 0 fully saturated rings. The van der Waals surface area contributed by atoms with Crippen LogP contribution in [0.2, 0.25) is 0 Å². The molecule has 0 aliphatic carbocycles. The molecular formula is C13H17N3O2S2. The Morgan fingerprint density at radius 2 is 2.15 bits per heavy atom. The summed E-state index contributed by atoms with van der Waals surface area (Å²) in [7, 11) is -3.40. The van der Waals surface area contributed by atoms with Crippen molar-refractivity contribution in [3.05, 3.63) is 46.4 Å². The predicted molar refractivity (Wildman–Crippen MR) is 82.0 cm³/mol. The van der Waals surface area contributed by atoms with Crippen LogP contribution in [0.4, 0.5) is 5.69 Å². The number of anilines is 1. The van der Waals surface area contributed by atoms with E-state index in [-0.39, 0.29) is 11.7 Å². The summed E-state index contributed by atoms with van der Waals surface area (Å²) in [5.74, 6) is -0.0533. The Hall–Kier alpha value is -1.44. The zero-order chi connectivity index (χ0) is 14.6. The van der Waals surface area contributed by atoms with E-state index in [1.54, 1.807) is 30.5 Å². The predicted octanol–water partition coefficient (Wildman–Crippen LogP) is 1.95. The van der Waals surface area contributed by atoms with Crippen molar-refractivity contribution in [1.29, 1.82) is 0 Å². The third-order valence-corrected chi connectivity index (χ3v) is 5.19. The third kappa shape index (κ3) is 4.03. The Labute approximate surface area is 122 Å². The monoisotopic (exact) mass is 311 g/mol. The first-order valence-corrected chi connectivity index (χ1v) is 8.71. The lowest BCUT2D eigenvalue weighted by Gasteiger charge is -2.11. The summed E-state index contributed by atoms with van der Waals surface area (Å²) < 4.78 is 26.7. The fourth-order valence-corrected chi connectivity index (χ4v) is 3.72. The number of hydrogen-bond donors (Lipinski definition) is 2. The number of benzene rings is 1. The van der Waals surface area contributed by atoms with Gasteiger partial charge in [-0.1, -0.05) is 25.1 Å². The largest absolute Gasteiger partial charge is 0.398 e. The molecule has 3 N–H and O–H groups in total. The smallest absolute Gasteiger partial charge is 0.215 e. The van der Waals surface area contributed by atoms with Gasteiger partial charge >= 0.3 is 0 Å². The molecule has 0 aliphatic rings. The molecule has 2 aromatic rings. The van der Waals surface area contributed by atoms with Crippen molar-refractivity contribution in [1.82, 2.24) is 9.71 Å². The van der Waals surface area contributed by atoms with Crippen LogP contribution in [-0.4, -0.2) is 19.9 Å². The molecule has 108 valence electrons. The SMILES string of the molecule is CC(CNS(=O)(=O)Cc1ccccc1N)c1nccs1. The molecule has 0 saturated carbocycles. The van der Waals surface area contributed by atoms with Gasteiger partial charge in [0.15, 0.2) is 0 Å². The lowest BCUT2D eigenvalue weighted by atomic mass is 10.2. The van der Waals surface area contributed by atoms with Crippen LogP contribution >= 0.6 is 11.3 Å². The Kier molecular flexibility index (Phi) is 4.74. The van der Waals surface area contributed by atoms with Gasteiger partial charge in [-0.15, -0.1) is 11.3 Å². The topological polar surface area (TPSA) is 85.1 Å². The van der Waals surface area contributed by atoms with Crippen molar-refractivity contribution in [2.24, 2.45) is 0 Å². The van der Waals surface area contributed by atoms with Gasteiger partial charge in [-0.05, 0) is 11.6 Å². The summed E-state index contributed by atoms with van der Waals surface area (Å²) in [4.78, 5) is 4.18. The van der Waals surface area contributed by atoms with Crippen LogP contribution in [0.3, 0.4) is 0 Å². The van der Waals surface area contributed by atoms with Crippen LogP contribution in [0.25, 0.3) is 0 Å². The number of rotatable bonds is 6. The Balaban J connectivity index is 1.96. The van der Waals surface area contributed by atoms with Crippen molar-refractivity contribution in [3.8, 4) is 0 Å². The summed E-state index contributed by atoms with van der Waals surface area (Å²) in [6, 6.07) is 6.98. The fourth-order valence-electron chi connectivity index (χ4n) is 1.74. The molecule has 1 aromatic carbocycles. The van der Waals surface area contributed by atoms with Gasteiger partial charge in [0.05, 0.1) is 10.8 Å². The summed E-state index contributed by atoms with van der Waals surface area (Å²) in [6.07, 6.45) is 1.72. The number of nitrogen functional groups attached to an aromatic ring is 1. The minimum absolute atomic E-state index is 0.0536. The number of nitrogens with one attached hydrogen (secondary N) is 1. The minimum atomic E-state index is -3.40. The molecule has 0 saturated heterocycles. The summed E-state index contributed by atoms with van der Waals surface area (Å²) in [5.41, 5.74) is 6.86. The highest BCUT2D eigenvalue weighted by molar-refractivity contribution is 7.88. The zero-order valence-corrected chi connectivity index (χ0v) is 12.7. The van der Waals surface area contributed by atoms with E-state index in [0.29, 0.717) is 17.8 Å². The number of nitrogens with zero attached hydrogens (tertiary/aromatic N) is 1. The van der Waals surface area contributed by atoms with Crippen molar-refractivity contribution < 1.29 is 8.42 Å². The first-order chi connectivity index (χ1) is 9.48. The molecule has 0 spiro atoms. The van der Waals surface area contributed by atoms with Crippen LogP contribution in [0.5, 0.6) is 0 Å². The summed E-state index contributed by atoms with van der Waals surface area (Å²) in [6.45, 7) is 2.28. The van der Waals surface area contributed by atoms with Crippen LogP contribution in [0.15, 0.2) is 35.8 Å². The molecule has 0 bridgehead atoms. The highest BCUT2D eigenvalue weighted by atomic mass is 32.2. The average Bonchev–Trinajstić information content (AvgIpc) is 2.93. The maximum atomic E-state index is 12.0. The second kappa shape index (κ2) is 6.34. The Bertz CT molecular complexity index is 654. The number of nitrogens with two attached hydrogens (primary N) is 1. The van der Waals surface area contributed by atoms with E-state index >= 15 is 0 Å². The lowest BCUT2D eigenvalue weighted by molar-refractivity contribution is 0.574. The molecule has 1 atom stereocenters. The molecule has 7 heteroatoms. The van der Waals surface area contributed by atoms with Gasteiger partial charge in [-0.25, -0.2) is 18.1 Å². The number of aromatic nitrogens is 1. The molecule has 20 heavy (non-hydrogen) atoms. The molecule has 0 aliphatic heterocycles. The zero-order valence-electron chi connectivity index (χ0n) is 11.1. The van der Waals surface area contributed by atoms with Gasteiger partial charge in [0.2, 0.25) is 10.0 Å². The van der Waals surface area contributed by atoms with Crippen molar-refractivity contribution in [2.75, 3.05) is 12.3 Å². The second-order valence-electron chi connectivity index (χ2n) is 4.58. The maximum absolute atomic E-state index is 12.0. The van der Waals surface area contributed by atoms with E-state index in [1.807, 2.05) is 12.3 Å². The third-order valence-electron chi connectivity index (χ3n) is 2.88. The van der Waals surface area contributed by atoms with Crippen molar-refractivity contribution in [3.63, 3.8) is 0 Å². The molecule has 5 nitrogen and oxygen atoms in total. The first kappa shape index (κ1) is 15.0. The van der Waals surface area contributed by atoms with Crippen molar-refractivity contribution >= 4 is 27.0 Å². The second-order valence-corrected chi connectivity index (χ2v) is 7.31. The van der Waals surface area contributed by atoms with E-state index < -0.39 is 10.0 Å². The quantitative estimate of drug-likeness (QED) is 0.799. The molecule has 0 amide bonds. The fraction of sp³-hybridized carbons (Fsp3) is 0.308. The van der Waals surface area contributed by atoms with Gasteiger partial charge < -0.3 is 5.73 Å². The molecule has 1 unspecified atom stereocenters. The standard InChI is InChI=1S/C13H17N3O2S2/c1-10(13-15-6-7-19-13)8-16-20(17,18)9-11-4-2-3-5-12(11)14/h2-7,10,16H,8-9,14H2,1H3. The van der Waals surface area contributed by atoms with E-state index in [2.05, 4.69) is 9.71 Å². The minimum Gasteiger partial charge on any atom is -0.398 e. The summed E-state index contributed by atoms with van der Waals surface area (Å²) >= 11 is 1.52. The van der Waals surface area contributed by atoms with E-state index in [9.17, 15) is 8.42 Å². The van der Waals surface area contributed by atoms with E-state index in [0.717, 1.165) is 5.01 Å².